The fourth-order valence-corrected chi connectivity index (χ4v) is 4.21. The molecule has 1 aliphatic heterocycles. The van der Waals surface area contributed by atoms with E-state index in [1.807, 2.05) is 40.6 Å². The Bertz CT molecular complexity index is 959. The van der Waals surface area contributed by atoms with Crippen LogP contribution in [0.4, 0.5) is 5.95 Å². The number of carbonyl (C=O) groups excluding carboxylic acids is 1. The van der Waals surface area contributed by atoms with Crippen molar-refractivity contribution < 1.29 is 9.53 Å². The standard InChI is InChI=1S/C18H19N5O2S/c1-25-14-5-3-2-4-13(14)18(16(19)24)11-20-7-8-23(18)17-21-10-12-6-9-26-15(12)22-17/h2-6,9-10,20H,7-8,11H2,1H3,(H2,19,24). The zero-order valence-electron chi connectivity index (χ0n) is 14.3. The number of nitrogens with two attached hydrogens (primary N) is 1. The second kappa shape index (κ2) is 6.54. The lowest BCUT2D eigenvalue weighted by Crippen LogP contribution is -2.65. The predicted molar refractivity (Wildman–Crippen MR) is 101 cm³/mol. The average molecular weight is 369 g/mol. The number of nitrogens with one attached hydrogen (secondary N) is 1. The number of piperazine rings is 1. The van der Waals surface area contributed by atoms with Gasteiger partial charge in [0.25, 0.3) is 0 Å². The Morgan fingerprint density at radius 3 is 3.04 bits per heavy atom. The van der Waals surface area contributed by atoms with E-state index in [1.165, 1.54) is 0 Å². The van der Waals surface area contributed by atoms with Crippen LogP contribution >= 0.6 is 11.3 Å². The lowest BCUT2D eigenvalue weighted by molar-refractivity contribution is -0.124. The van der Waals surface area contributed by atoms with Crippen LogP contribution in [0.25, 0.3) is 10.2 Å². The Balaban J connectivity index is 1.91. The van der Waals surface area contributed by atoms with Crippen LogP contribution in [0.2, 0.25) is 0 Å². The molecule has 7 nitrogen and oxygen atoms in total. The molecule has 1 atom stereocenters. The lowest BCUT2D eigenvalue weighted by Gasteiger charge is -2.45. The molecule has 1 aliphatic rings. The van der Waals surface area contributed by atoms with Crippen LogP contribution in [0.5, 0.6) is 5.75 Å². The highest BCUT2D eigenvalue weighted by Crippen LogP contribution is 2.38. The molecule has 1 aromatic carbocycles. The molecular formula is C18H19N5O2S. The van der Waals surface area contributed by atoms with Crippen LogP contribution in [0.3, 0.4) is 0 Å². The number of primary amides is 1. The molecule has 3 aromatic rings. The number of hydrogen-bond acceptors (Lipinski definition) is 7. The second-order valence-electron chi connectivity index (χ2n) is 6.10. The van der Waals surface area contributed by atoms with Crippen LogP contribution in [0.1, 0.15) is 5.56 Å². The molecule has 0 radical (unpaired) electrons. The Hall–Kier alpha value is -2.71. The highest BCUT2D eigenvalue weighted by Gasteiger charge is 2.49. The van der Waals surface area contributed by atoms with E-state index in [4.69, 9.17) is 10.5 Å². The molecule has 1 amide bonds. The quantitative estimate of drug-likeness (QED) is 0.724. The maximum absolute atomic E-state index is 12.8. The lowest BCUT2D eigenvalue weighted by atomic mass is 9.84. The van der Waals surface area contributed by atoms with E-state index in [1.54, 1.807) is 24.6 Å². The number of hydrogen-bond donors (Lipinski definition) is 2. The second-order valence-corrected chi connectivity index (χ2v) is 7.00. The van der Waals surface area contributed by atoms with Crippen LogP contribution in [-0.4, -0.2) is 42.6 Å². The summed E-state index contributed by atoms with van der Waals surface area (Å²) >= 11 is 1.54. The molecule has 0 spiro atoms. The van der Waals surface area contributed by atoms with E-state index >= 15 is 0 Å². The zero-order chi connectivity index (χ0) is 18.1. The topological polar surface area (TPSA) is 93.4 Å². The van der Waals surface area contributed by atoms with E-state index in [0.717, 1.165) is 10.2 Å². The molecule has 4 rings (SSSR count). The molecule has 1 unspecified atom stereocenters. The number of benzene rings is 1. The maximum atomic E-state index is 12.8. The van der Waals surface area contributed by atoms with Gasteiger partial charge in [0.15, 0.2) is 5.54 Å². The molecular weight excluding hydrogens is 350 g/mol. The van der Waals surface area contributed by atoms with Gasteiger partial charge in [0.2, 0.25) is 11.9 Å². The summed E-state index contributed by atoms with van der Waals surface area (Å²) in [6.07, 6.45) is 1.78. The molecule has 3 heterocycles. The van der Waals surface area contributed by atoms with E-state index in [0.29, 0.717) is 36.9 Å². The molecule has 3 N–H and O–H groups in total. The molecule has 1 fully saturated rings. The third-order valence-corrected chi connectivity index (χ3v) is 5.57. The summed E-state index contributed by atoms with van der Waals surface area (Å²) in [5.74, 6) is 0.632. The number of anilines is 1. The number of ether oxygens (including phenoxy) is 1. The summed E-state index contributed by atoms with van der Waals surface area (Å²) < 4.78 is 5.51. The van der Waals surface area contributed by atoms with E-state index in [-0.39, 0.29) is 0 Å². The van der Waals surface area contributed by atoms with Gasteiger partial charge in [-0.15, -0.1) is 11.3 Å². The molecule has 0 bridgehead atoms. The number of rotatable bonds is 4. The van der Waals surface area contributed by atoms with Gasteiger partial charge in [0, 0.05) is 36.8 Å². The minimum Gasteiger partial charge on any atom is -0.496 e. The Morgan fingerprint density at radius 1 is 1.38 bits per heavy atom. The first-order valence-corrected chi connectivity index (χ1v) is 9.17. The normalized spacial score (nSPS) is 20.3. The summed E-state index contributed by atoms with van der Waals surface area (Å²) in [5, 5.41) is 6.24. The van der Waals surface area contributed by atoms with Crippen molar-refractivity contribution in [3.63, 3.8) is 0 Å². The fraction of sp³-hybridized carbons (Fsp3) is 0.278. The molecule has 134 valence electrons. The highest BCUT2D eigenvalue weighted by molar-refractivity contribution is 7.16. The summed E-state index contributed by atoms with van der Waals surface area (Å²) in [6, 6.07) is 9.41. The van der Waals surface area contributed by atoms with Crippen molar-refractivity contribution in [2.75, 3.05) is 31.6 Å². The van der Waals surface area contributed by atoms with Crippen LogP contribution in [0.15, 0.2) is 41.9 Å². The monoisotopic (exact) mass is 369 g/mol. The van der Waals surface area contributed by atoms with Crippen molar-refractivity contribution >= 4 is 33.4 Å². The fourth-order valence-electron chi connectivity index (χ4n) is 3.47. The van der Waals surface area contributed by atoms with Crippen molar-refractivity contribution in [1.29, 1.82) is 0 Å². The number of nitrogens with zero attached hydrogens (tertiary/aromatic N) is 3. The summed E-state index contributed by atoms with van der Waals surface area (Å²) in [7, 11) is 1.59. The molecule has 0 saturated carbocycles. The number of carbonyl (C=O) groups is 1. The highest BCUT2D eigenvalue weighted by atomic mass is 32.1. The van der Waals surface area contributed by atoms with Crippen LogP contribution in [0, 0.1) is 0 Å². The molecule has 8 heteroatoms. The average Bonchev–Trinajstić information content (AvgIpc) is 3.15. The third kappa shape index (κ3) is 2.49. The Kier molecular flexibility index (Phi) is 4.21. The molecule has 26 heavy (non-hydrogen) atoms. The number of para-hydroxylation sites is 1. The first kappa shape index (κ1) is 16.7. The zero-order valence-corrected chi connectivity index (χ0v) is 15.1. The molecule has 0 aliphatic carbocycles. The number of thiophene rings is 1. The minimum absolute atomic E-state index is 0.356. The first-order valence-electron chi connectivity index (χ1n) is 8.29. The third-order valence-electron chi connectivity index (χ3n) is 4.75. The van der Waals surface area contributed by atoms with Crippen molar-refractivity contribution in [1.82, 2.24) is 15.3 Å². The van der Waals surface area contributed by atoms with Crippen LogP contribution < -0.4 is 20.7 Å². The Labute approximate surface area is 154 Å². The summed E-state index contributed by atoms with van der Waals surface area (Å²) in [6.45, 7) is 1.61. The van der Waals surface area contributed by atoms with Gasteiger partial charge in [0.1, 0.15) is 10.6 Å². The van der Waals surface area contributed by atoms with E-state index in [2.05, 4.69) is 15.3 Å². The first-order chi connectivity index (χ1) is 12.7. The predicted octanol–water partition coefficient (Wildman–Crippen LogP) is 1.49. The van der Waals surface area contributed by atoms with Gasteiger partial charge in [0.05, 0.1) is 7.11 Å². The van der Waals surface area contributed by atoms with Gasteiger partial charge in [-0.05, 0) is 17.5 Å². The SMILES string of the molecule is COc1ccccc1C1(C(N)=O)CNCCN1c1ncc2ccsc2n1. The smallest absolute Gasteiger partial charge is 0.249 e. The summed E-state index contributed by atoms with van der Waals surface area (Å²) in [5.41, 5.74) is 5.53. The van der Waals surface area contributed by atoms with Gasteiger partial charge in [-0.3, -0.25) is 4.79 Å². The minimum atomic E-state index is -1.13. The van der Waals surface area contributed by atoms with Crippen molar-refractivity contribution in [2.45, 2.75) is 5.54 Å². The van der Waals surface area contributed by atoms with Crippen molar-refractivity contribution in [3.05, 3.63) is 47.5 Å². The molecule has 2 aromatic heterocycles. The largest absolute Gasteiger partial charge is 0.496 e. The number of aromatic nitrogens is 2. The number of amides is 1. The van der Waals surface area contributed by atoms with Gasteiger partial charge in [-0.25, -0.2) is 9.97 Å². The van der Waals surface area contributed by atoms with E-state index in [9.17, 15) is 4.79 Å². The van der Waals surface area contributed by atoms with Gasteiger partial charge in [-0.2, -0.15) is 0 Å². The van der Waals surface area contributed by atoms with Crippen molar-refractivity contribution in [3.8, 4) is 5.75 Å². The summed E-state index contributed by atoms with van der Waals surface area (Å²) in [4.78, 5) is 24.7. The Morgan fingerprint density at radius 2 is 2.23 bits per heavy atom. The van der Waals surface area contributed by atoms with Crippen LogP contribution in [-0.2, 0) is 10.3 Å². The number of fused-ring (bicyclic) bond motifs is 1. The van der Waals surface area contributed by atoms with Gasteiger partial charge >= 0.3 is 0 Å². The van der Waals surface area contributed by atoms with E-state index < -0.39 is 11.4 Å². The van der Waals surface area contributed by atoms with Gasteiger partial charge in [-0.1, -0.05) is 18.2 Å². The van der Waals surface area contributed by atoms with Gasteiger partial charge < -0.3 is 20.7 Å². The van der Waals surface area contributed by atoms with Crippen molar-refractivity contribution in [2.24, 2.45) is 5.73 Å². The maximum Gasteiger partial charge on any atom is 0.249 e. The number of methoxy groups -OCH3 is 1. The molecule has 1 saturated heterocycles.